The zero-order valence-corrected chi connectivity index (χ0v) is 12.5. The summed E-state index contributed by atoms with van der Waals surface area (Å²) in [6.45, 7) is 3.47. The standard InChI is InChI=1S/C16H18N4O2/c1-11(14-3-2-8-21-14)18-10-15-19-20-16(22-15)13-6-4-12(9-17)5-7-13/h4-7,11,14,18H,2-3,8,10H2,1H3/t11-,14+/m0/s1. The summed E-state index contributed by atoms with van der Waals surface area (Å²) < 4.78 is 11.3. The van der Waals surface area contributed by atoms with Gasteiger partial charge in [0.05, 0.1) is 24.3 Å². The van der Waals surface area contributed by atoms with Crippen LogP contribution in [-0.4, -0.2) is 29.0 Å². The normalized spacial score (nSPS) is 19.0. The van der Waals surface area contributed by atoms with E-state index in [4.69, 9.17) is 14.4 Å². The minimum absolute atomic E-state index is 0.257. The summed E-state index contributed by atoms with van der Waals surface area (Å²) in [6, 6.07) is 9.41. The van der Waals surface area contributed by atoms with Crippen LogP contribution in [-0.2, 0) is 11.3 Å². The SMILES string of the molecule is C[C@H](NCc1nnc(-c2ccc(C#N)cc2)o1)[C@H]1CCCO1. The van der Waals surface area contributed by atoms with Gasteiger partial charge in [-0.15, -0.1) is 10.2 Å². The summed E-state index contributed by atoms with van der Waals surface area (Å²) in [5.41, 5.74) is 1.42. The highest BCUT2D eigenvalue weighted by molar-refractivity contribution is 5.54. The van der Waals surface area contributed by atoms with Crippen LogP contribution in [0.4, 0.5) is 0 Å². The first-order chi connectivity index (χ1) is 10.8. The number of nitrogens with one attached hydrogen (secondary N) is 1. The maximum Gasteiger partial charge on any atom is 0.247 e. The smallest absolute Gasteiger partial charge is 0.247 e. The number of hydrogen-bond donors (Lipinski definition) is 1. The van der Waals surface area contributed by atoms with Gasteiger partial charge in [-0.2, -0.15) is 5.26 Å². The quantitative estimate of drug-likeness (QED) is 0.911. The van der Waals surface area contributed by atoms with Gasteiger partial charge < -0.3 is 14.5 Å². The fourth-order valence-electron chi connectivity index (χ4n) is 2.51. The second kappa shape index (κ2) is 6.69. The number of benzene rings is 1. The molecule has 3 rings (SSSR count). The molecule has 0 radical (unpaired) electrons. The van der Waals surface area contributed by atoms with Gasteiger partial charge in [0.15, 0.2) is 0 Å². The minimum atomic E-state index is 0.257. The third-order valence-electron chi connectivity index (χ3n) is 3.83. The summed E-state index contributed by atoms with van der Waals surface area (Å²) in [5.74, 6) is 1.01. The third-order valence-corrected chi connectivity index (χ3v) is 3.83. The van der Waals surface area contributed by atoms with E-state index in [0.29, 0.717) is 23.9 Å². The molecule has 6 heteroatoms. The van der Waals surface area contributed by atoms with Gasteiger partial charge in [0.1, 0.15) is 0 Å². The maximum absolute atomic E-state index is 8.80. The number of nitrogens with zero attached hydrogens (tertiary/aromatic N) is 3. The van der Waals surface area contributed by atoms with E-state index in [-0.39, 0.29) is 12.1 Å². The van der Waals surface area contributed by atoms with Crippen molar-refractivity contribution in [3.8, 4) is 17.5 Å². The van der Waals surface area contributed by atoms with Crippen molar-refractivity contribution in [1.82, 2.24) is 15.5 Å². The summed E-state index contributed by atoms with van der Waals surface area (Å²) >= 11 is 0. The number of nitriles is 1. The lowest BCUT2D eigenvalue weighted by atomic mass is 10.1. The maximum atomic E-state index is 8.80. The molecule has 1 aromatic heterocycles. The summed E-state index contributed by atoms with van der Waals surface area (Å²) in [6.07, 6.45) is 2.48. The molecule has 1 fully saturated rings. The third kappa shape index (κ3) is 3.32. The largest absolute Gasteiger partial charge is 0.419 e. The Morgan fingerprint density at radius 1 is 1.36 bits per heavy atom. The minimum Gasteiger partial charge on any atom is -0.419 e. The molecule has 1 saturated heterocycles. The Balaban J connectivity index is 1.59. The first-order valence-electron chi connectivity index (χ1n) is 7.44. The molecule has 22 heavy (non-hydrogen) atoms. The number of hydrogen-bond acceptors (Lipinski definition) is 6. The molecule has 1 aliphatic rings. The van der Waals surface area contributed by atoms with Crippen LogP contribution in [0.5, 0.6) is 0 Å². The average molecular weight is 298 g/mol. The fraction of sp³-hybridized carbons (Fsp3) is 0.438. The highest BCUT2D eigenvalue weighted by Crippen LogP contribution is 2.19. The van der Waals surface area contributed by atoms with E-state index < -0.39 is 0 Å². The zero-order chi connectivity index (χ0) is 15.4. The van der Waals surface area contributed by atoms with Crippen LogP contribution < -0.4 is 5.32 Å². The molecule has 6 nitrogen and oxygen atoms in total. The summed E-state index contributed by atoms with van der Waals surface area (Å²) in [4.78, 5) is 0. The van der Waals surface area contributed by atoms with Gasteiger partial charge in [-0.25, -0.2) is 0 Å². The van der Waals surface area contributed by atoms with Gasteiger partial charge in [-0.05, 0) is 44.0 Å². The molecule has 114 valence electrons. The van der Waals surface area contributed by atoms with E-state index >= 15 is 0 Å². The number of ether oxygens (including phenoxy) is 1. The van der Waals surface area contributed by atoms with Gasteiger partial charge >= 0.3 is 0 Å². The first kappa shape index (κ1) is 14.7. The topological polar surface area (TPSA) is 84.0 Å². The molecule has 0 aliphatic carbocycles. The Labute approximate surface area is 129 Å². The van der Waals surface area contributed by atoms with E-state index in [1.807, 2.05) is 0 Å². The molecule has 0 spiro atoms. The van der Waals surface area contributed by atoms with Crippen molar-refractivity contribution in [2.24, 2.45) is 0 Å². The Kier molecular flexibility index (Phi) is 4.47. The van der Waals surface area contributed by atoms with Crippen molar-refractivity contribution in [1.29, 1.82) is 5.26 Å². The lowest BCUT2D eigenvalue weighted by Crippen LogP contribution is -2.36. The highest BCUT2D eigenvalue weighted by atomic mass is 16.5. The van der Waals surface area contributed by atoms with Crippen molar-refractivity contribution >= 4 is 0 Å². The molecule has 2 atom stereocenters. The van der Waals surface area contributed by atoms with E-state index in [1.54, 1.807) is 24.3 Å². The van der Waals surface area contributed by atoms with Crippen molar-refractivity contribution in [3.63, 3.8) is 0 Å². The molecule has 0 unspecified atom stereocenters. The zero-order valence-electron chi connectivity index (χ0n) is 12.5. The summed E-state index contributed by atoms with van der Waals surface area (Å²) in [7, 11) is 0. The number of rotatable bonds is 5. The lowest BCUT2D eigenvalue weighted by Gasteiger charge is -2.18. The molecular formula is C16H18N4O2. The van der Waals surface area contributed by atoms with E-state index in [0.717, 1.165) is 25.0 Å². The van der Waals surface area contributed by atoms with Crippen molar-refractivity contribution < 1.29 is 9.15 Å². The van der Waals surface area contributed by atoms with Gasteiger partial charge in [0, 0.05) is 18.2 Å². The lowest BCUT2D eigenvalue weighted by molar-refractivity contribution is 0.0824. The Hall–Kier alpha value is -2.23. The second-order valence-corrected chi connectivity index (χ2v) is 5.41. The van der Waals surface area contributed by atoms with Crippen LogP contribution in [0.2, 0.25) is 0 Å². The van der Waals surface area contributed by atoms with Crippen LogP contribution in [0.25, 0.3) is 11.5 Å². The summed E-state index contributed by atoms with van der Waals surface area (Å²) in [5, 5.41) is 20.2. The molecule has 1 aromatic carbocycles. The highest BCUT2D eigenvalue weighted by Gasteiger charge is 2.22. The first-order valence-corrected chi connectivity index (χ1v) is 7.44. The molecule has 1 N–H and O–H groups in total. The molecule has 1 aliphatic heterocycles. The van der Waals surface area contributed by atoms with E-state index in [9.17, 15) is 0 Å². The van der Waals surface area contributed by atoms with Crippen LogP contribution in [0, 0.1) is 11.3 Å². The van der Waals surface area contributed by atoms with Gasteiger partial charge in [0.2, 0.25) is 11.8 Å². The predicted octanol–water partition coefficient (Wildman–Crippen LogP) is 2.27. The Morgan fingerprint density at radius 3 is 2.86 bits per heavy atom. The number of aromatic nitrogens is 2. The molecule has 0 saturated carbocycles. The molecule has 2 aromatic rings. The van der Waals surface area contributed by atoms with Gasteiger partial charge in [-0.3, -0.25) is 0 Å². The molecular weight excluding hydrogens is 280 g/mol. The van der Waals surface area contributed by atoms with Crippen molar-refractivity contribution in [2.45, 2.75) is 38.5 Å². The van der Waals surface area contributed by atoms with Crippen molar-refractivity contribution in [3.05, 3.63) is 35.7 Å². The molecule has 0 bridgehead atoms. The predicted molar refractivity (Wildman–Crippen MR) is 79.7 cm³/mol. The van der Waals surface area contributed by atoms with E-state index in [2.05, 4.69) is 28.5 Å². The second-order valence-electron chi connectivity index (χ2n) is 5.41. The van der Waals surface area contributed by atoms with Gasteiger partial charge in [-0.1, -0.05) is 0 Å². The van der Waals surface area contributed by atoms with Crippen LogP contribution in [0.3, 0.4) is 0 Å². The fourth-order valence-corrected chi connectivity index (χ4v) is 2.51. The van der Waals surface area contributed by atoms with Crippen LogP contribution in [0.15, 0.2) is 28.7 Å². The average Bonchev–Trinajstić information content (AvgIpc) is 3.24. The Bertz CT molecular complexity index is 654. The van der Waals surface area contributed by atoms with Gasteiger partial charge in [0.25, 0.3) is 0 Å². The van der Waals surface area contributed by atoms with E-state index in [1.165, 1.54) is 0 Å². The van der Waals surface area contributed by atoms with Crippen LogP contribution in [0.1, 0.15) is 31.2 Å². The van der Waals surface area contributed by atoms with Crippen LogP contribution >= 0.6 is 0 Å². The van der Waals surface area contributed by atoms with Crippen molar-refractivity contribution in [2.75, 3.05) is 6.61 Å². The Morgan fingerprint density at radius 2 is 2.18 bits per heavy atom. The molecule has 0 amide bonds. The molecule has 2 heterocycles. The monoisotopic (exact) mass is 298 g/mol.